The summed E-state index contributed by atoms with van der Waals surface area (Å²) in [6.45, 7) is 3.32. The summed E-state index contributed by atoms with van der Waals surface area (Å²) in [4.78, 5) is 24.2. The van der Waals surface area contributed by atoms with Crippen LogP contribution >= 0.6 is 0 Å². The van der Waals surface area contributed by atoms with Crippen LogP contribution in [0.25, 0.3) is 0 Å². The highest BCUT2D eigenvalue weighted by Crippen LogP contribution is 2.14. The van der Waals surface area contributed by atoms with Gasteiger partial charge in [-0.3, -0.25) is 14.5 Å². The van der Waals surface area contributed by atoms with Gasteiger partial charge >= 0.3 is 5.97 Å². The van der Waals surface area contributed by atoms with E-state index in [1.807, 2.05) is 6.92 Å². The minimum absolute atomic E-state index is 0.209. The Kier molecular flexibility index (Phi) is 3.61. The number of carbonyl (C=O) groups excluding carboxylic acids is 1. The van der Waals surface area contributed by atoms with Crippen LogP contribution in [0.3, 0.4) is 0 Å². The highest BCUT2D eigenvalue weighted by Gasteiger charge is 2.32. The number of piperazine rings is 1. The zero-order chi connectivity index (χ0) is 13.1. The molecule has 0 aromatic carbocycles. The van der Waals surface area contributed by atoms with Gasteiger partial charge in [0.2, 0.25) is 5.91 Å². The molecule has 18 heavy (non-hydrogen) atoms. The van der Waals surface area contributed by atoms with E-state index in [1.165, 1.54) is 0 Å². The van der Waals surface area contributed by atoms with Gasteiger partial charge in [0.1, 0.15) is 6.04 Å². The van der Waals surface area contributed by atoms with Crippen LogP contribution in [0, 0.1) is 6.92 Å². The summed E-state index contributed by atoms with van der Waals surface area (Å²) in [5.74, 6) is -0.603. The van der Waals surface area contributed by atoms with Gasteiger partial charge in [0.05, 0.1) is 18.7 Å². The molecule has 1 aromatic heterocycles. The summed E-state index contributed by atoms with van der Waals surface area (Å²) in [5.41, 5.74) is 0.765. The molecule has 1 aliphatic heterocycles. The Labute approximate surface area is 104 Å². The maximum absolute atomic E-state index is 11.7. The predicted octanol–water partition coefficient (Wildman–Crippen LogP) is -0.242. The van der Waals surface area contributed by atoms with E-state index in [4.69, 9.17) is 9.63 Å². The first-order valence-corrected chi connectivity index (χ1v) is 5.72. The first-order chi connectivity index (χ1) is 8.56. The molecule has 1 amide bonds. The number of carboxylic acids is 1. The number of aliphatic carboxylic acids is 1. The van der Waals surface area contributed by atoms with Gasteiger partial charge in [0.25, 0.3) is 0 Å². The van der Waals surface area contributed by atoms with E-state index in [1.54, 1.807) is 11.0 Å². The summed E-state index contributed by atoms with van der Waals surface area (Å²) in [5, 5.41) is 15.3. The number of nitrogens with zero attached hydrogens (tertiary/aromatic N) is 2. The number of aromatic nitrogens is 1. The number of carboxylic acid groups (broad SMARTS) is 1. The normalized spacial score (nSPS) is 20.7. The second-order valence-electron chi connectivity index (χ2n) is 4.31. The molecule has 0 bridgehead atoms. The van der Waals surface area contributed by atoms with Crippen molar-refractivity contribution in [3.8, 4) is 0 Å². The largest absolute Gasteiger partial charge is 0.481 e. The fourth-order valence-corrected chi connectivity index (χ4v) is 2.03. The lowest BCUT2D eigenvalue weighted by molar-refractivity contribution is -0.143. The van der Waals surface area contributed by atoms with Gasteiger partial charge in [0, 0.05) is 19.2 Å². The number of hydrogen-bond acceptors (Lipinski definition) is 5. The Bertz CT molecular complexity index is 457. The molecule has 2 heterocycles. The van der Waals surface area contributed by atoms with Gasteiger partial charge in [-0.05, 0) is 6.92 Å². The highest BCUT2D eigenvalue weighted by molar-refractivity contribution is 5.86. The lowest BCUT2D eigenvalue weighted by Crippen LogP contribution is -2.55. The summed E-state index contributed by atoms with van der Waals surface area (Å²) >= 11 is 0. The van der Waals surface area contributed by atoms with Crippen molar-refractivity contribution in [3.05, 3.63) is 17.5 Å². The smallest absolute Gasteiger partial charge is 0.305 e. The van der Waals surface area contributed by atoms with Crippen molar-refractivity contribution >= 4 is 11.9 Å². The molecule has 1 atom stereocenters. The molecule has 1 aliphatic rings. The molecule has 0 radical (unpaired) electrons. The number of nitrogens with one attached hydrogen (secondary N) is 1. The minimum Gasteiger partial charge on any atom is -0.481 e. The maximum Gasteiger partial charge on any atom is 0.305 e. The second kappa shape index (κ2) is 5.18. The predicted molar refractivity (Wildman–Crippen MR) is 60.7 cm³/mol. The van der Waals surface area contributed by atoms with E-state index in [0.29, 0.717) is 25.4 Å². The maximum atomic E-state index is 11.7. The number of aryl methyl sites for hydroxylation is 1. The van der Waals surface area contributed by atoms with Crippen molar-refractivity contribution in [3.63, 3.8) is 0 Å². The SMILES string of the molecule is Cc1cc(CN2CCNC(=O)C2CC(=O)O)on1. The number of carbonyl (C=O) groups is 2. The average molecular weight is 253 g/mol. The monoisotopic (exact) mass is 253 g/mol. The molecule has 98 valence electrons. The molecule has 0 spiro atoms. The Hall–Kier alpha value is -1.89. The molecule has 1 unspecified atom stereocenters. The van der Waals surface area contributed by atoms with E-state index >= 15 is 0 Å². The van der Waals surface area contributed by atoms with Crippen LogP contribution in [0.4, 0.5) is 0 Å². The molecular formula is C11H15N3O4. The third-order valence-corrected chi connectivity index (χ3v) is 2.85. The van der Waals surface area contributed by atoms with E-state index in [0.717, 1.165) is 5.69 Å². The van der Waals surface area contributed by atoms with Crippen LogP contribution in [-0.4, -0.2) is 46.2 Å². The standard InChI is InChI=1S/C11H15N3O4/c1-7-4-8(18-13-7)6-14-3-2-12-11(17)9(14)5-10(15)16/h4,9H,2-3,5-6H2,1H3,(H,12,17)(H,15,16). The fraction of sp³-hybridized carbons (Fsp3) is 0.545. The van der Waals surface area contributed by atoms with Crippen molar-refractivity contribution in [2.75, 3.05) is 13.1 Å². The first-order valence-electron chi connectivity index (χ1n) is 5.72. The van der Waals surface area contributed by atoms with Crippen LogP contribution in [-0.2, 0) is 16.1 Å². The number of hydrogen-bond donors (Lipinski definition) is 2. The van der Waals surface area contributed by atoms with E-state index in [-0.39, 0.29) is 12.3 Å². The number of amides is 1. The average Bonchev–Trinajstić information content (AvgIpc) is 2.69. The van der Waals surface area contributed by atoms with Gasteiger partial charge in [-0.1, -0.05) is 5.16 Å². The lowest BCUT2D eigenvalue weighted by Gasteiger charge is -2.33. The zero-order valence-corrected chi connectivity index (χ0v) is 10.0. The molecule has 2 rings (SSSR count). The van der Waals surface area contributed by atoms with Gasteiger partial charge in [-0.2, -0.15) is 0 Å². The van der Waals surface area contributed by atoms with Crippen molar-refractivity contribution in [2.24, 2.45) is 0 Å². The Balaban J connectivity index is 2.07. The summed E-state index contributed by atoms with van der Waals surface area (Å²) in [6, 6.07) is 1.13. The van der Waals surface area contributed by atoms with Gasteiger partial charge in [-0.25, -0.2) is 0 Å². The lowest BCUT2D eigenvalue weighted by atomic mass is 10.1. The molecule has 0 aliphatic carbocycles. The number of rotatable bonds is 4. The van der Waals surface area contributed by atoms with Crippen LogP contribution in [0.2, 0.25) is 0 Å². The molecule has 7 heteroatoms. The van der Waals surface area contributed by atoms with Crippen molar-refractivity contribution in [1.82, 2.24) is 15.4 Å². The van der Waals surface area contributed by atoms with Crippen molar-refractivity contribution < 1.29 is 19.2 Å². The molecule has 1 fully saturated rings. The Morgan fingerprint density at radius 1 is 1.72 bits per heavy atom. The van der Waals surface area contributed by atoms with Gasteiger partial charge < -0.3 is 14.9 Å². The molecule has 0 saturated carbocycles. The van der Waals surface area contributed by atoms with E-state index in [9.17, 15) is 9.59 Å². The molecule has 1 saturated heterocycles. The van der Waals surface area contributed by atoms with Crippen molar-refractivity contribution in [2.45, 2.75) is 25.9 Å². The van der Waals surface area contributed by atoms with Crippen LogP contribution in [0.5, 0.6) is 0 Å². The van der Waals surface area contributed by atoms with E-state index < -0.39 is 12.0 Å². The molecule has 2 N–H and O–H groups in total. The minimum atomic E-state index is -0.990. The van der Waals surface area contributed by atoms with Crippen LogP contribution < -0.4 is 5.32 Å². The van der Waals surface area contributed by atoms with Crippen LogP contribution in [0.15, 0.2) is 10.6 Å². The highest BCUT2D eigenvalue weighted by atomic mass is 16.5. The quantitative estimate of drug-likeness (QED) is 0.768. The van der Waals surface area contributed by atoms with Gasteiger partial charge in [-0.15, -0.1) is 0 Å². The molecule has 1 aromatic rings. The zero-order valence-electron chi connectivity index (χ0n) is 10.0. The fourth-order valence-electron chi connectivity index (χ4n) is 2.03. The third kappa shape index (κ3) is 2.86. The van der Waals surface area contributed by atoms with Crippen LogP contribution in [0.1, 0.15) is 17.9 Å². The summed E-state index contributed by atoms with van der Waals surface area (Å²) in [7, 11) is 0. The second-order valence-corrected chi connectivity index (χ2v) is 4.31. The Morgan fingerprint density at radius 2 is 2.50 bits per heavy atom. The van der Waals surface area contributed by atoms with Crippen molar-refractivity contribution in [1.29, 1.82) is 0 Å². The first kappa shape index (κ1) is 12.6. The summed E-state index contributed by atoms with van der Waals surface area (Å²) in [6.07, 6.45) is -0.209. The third-order valence-electron chi connectivity index (χ3n) is 2.85. The molecule has 7 nitrogen and oxygen atoms in total. The van der Waals surface area contributed by atoms with Gasteiger partial charge in [0.15, 0.2) is 5.76 Å². The molecular weight excluding hydrogens is 238 g/mol. The van der Waals surface area contributed by atoms with E-state index in [2.05, 4.69) is 10.5 Å². The topological polar surface area (TPSA) is 95.7 Å². The Morgan fingerprint density at radius 3 is 3.11 bits per heavy atom. The summed E-state index contributed by atoms with van der Waals surface area (Å²) < 4.78 is 5.08.